The van der Waals surface area contributed by atoms with Gasteiger partial charge in [-0.25, -0.2) is 0 Å². The molecule has 0 atom stereocenters. The van der Waals surface area contributed by atoms with E-state index in [0.29, 0.717) is 0 Å². The third kappa shape index (κ3) is 16.5. The summed E-state index contributed by atoms with van der Waals surface area (Å²) in [5, 5.41) is 0. The van der Waals surface area contributed by atoms with Crippen molar-refractivity contribution in [3.63, 3.8) is 0 Å². The van der Waals surface area contributed by atoms with Gasteiger partial charge in [0.15, 0.2) is 0 Å². The van der Waals surface area contributed by atoms with Gasteiger partial charge in [-0.3, -0.25) is 0 Å². The zero-order chi connectivity index (χ0) is 12.1. The lowest BCUT2D eigenvalue weighted by atomic mass is 10.4. The van der Waals surface area contributed by atoms with Crippen LogP contribution in [0.5, 0.6) is 0 Å². The van der Waals surface area contributed by atoms with Crippen LogP contribution in [0.1, 0.15) is 27.2 Å². The Bertz CT molecular complexity index is 98.3. The third-order valence-corrected chi connectivity index (χ3v) is 2.30. The molecule has 94 valence electrons. The van der Waals surface area contributed by atoms with Crippen LogP contribution in [-0.4, -0.2) is 63.8 Å². The molecule has 0 fully saturated rings. The summed E-state index contributed by atoms with van der Waals surface area (Å²) in [5.41, 5.74) is 0. The van der Waals surface area contributed by atoms with E-state index >= 15 is 0 Å². The number of hydrogen-bond donors (Lipinski definition) is 0. The zero-order valence-electron chi connectivity index (χ0n) is 11.5. The topological polar surface area (TPSA) is 15.7 Å². The van der Waals surface area contributed by atoms with Crippen LogP contribution < -0.4 is 0 Å². The highest BCUT2D eigenvalue weighted by molar-refractivity contribution is 4.43. The van der Waals surface area contributed by atoms with Crippen LogP contribution in [0.4, 0.5) is 0 Å². The van der Waals surface area contributed by atoms with Gasteiger partial charge in [-0.05, 0) is 46.7 Å². The normalized spacial score (nSPS) is 10.4. The second-order valence-corrected chi connectivity index (χ2v) is 3.77. The van der Waals surface area contributed by atoms with Gasteiger partial charge in [-0.15, -0.1) is 0 Å². The van der Waals surface area contributed by atoms with Crippen LogP contribution in [-0.2, 0) is 4.74 Å². The van der Waals surface area contributed by atoms with Gasteiger partial charge in [-0.2, -0.15) is 0 Å². The van der Waals surface area contributed by atoms with Gasteiger partial charge in [0.1, 0.15) is 0 Å². The predicted octanol–water partition coefficient (Wildman–Crippen LogP) is 1.93. The van der Waals surface area contributed by atoms with Crippen molar-refractivity contribution in [3.05, 3.63) is 0 Å². The summed E-state index contributed by atoms with van der Waals surface area (Å²) < 4.78 is 4.87. The standard InChI is InChI=1S/C6H15NO.C6H15N/c1-7(2)5-4-6-8-3;1-4-7(5-2)6-3/h4-6H2,1-3H3;4-6H2,1-3H3. The van der Waals surface area contributed by atoms with Crippen molar-refractivity contribution in [2.45, 2.75) is 27.2 Å². The molecule has 3 nitrogen and oxygen atoms in total. The van der Waals surface area contributed by atoms with Crippen molar-refractivity contribution < 1.29 is 4.74 Å². The molecule has 15 heavy (non-hydrogen) atoms. The number of ether oxygens (including phenoxy) is 1. The van der Waals surface area contributed by atoms with Crippen LogP contribution in [0.15, 0.2) is 0 Å². The van der Waals surface area contributed by atoms with Crippen molar-refractivity contribution in [1.82, 2.24) is 9.80 Å². The minimum absolute atomic E-state index is 0.873. The molecular weight excluding hydrogens is 188 g/mol. The van der Waals surface area contributed by atoms with E-state index in [2.05, 4.69) is 44.7 Å². The van der Waals surface area contributed by atoms with E-state index in [0.717, 1.165) is 19.6 Å². The van der Waals surface area contributed by atoms with Crippen LogP contribution in [0, 0.1) is 0 Å². The maximum absolute atomic E-state index is 4.87. The summed E-state index contributed by atoms with van der Waals surface area (Å²) in [4.78, 5) is 4.53. The minimum Gasteiger partial charge on any atom is -0.385 e. The van der Waals surface area contributed by atoms with Crippen molar-refractivity contribution in [2.75, 3.05) is 54.0 Å². The van der Waals surface area contributed by atoms with E-state index in [4.69, 9.17) is 4.74 Å². The van der Waals surface area contributed by atoms with Gasteiger partial charge in [0.25, 0.3) is 0 Å². The average Bonchev–Trinajstić information content (AvgIpc) is 2.21. The molecule has 3 heteroatoms. The van der Waals surface area contributed by atoms with Crippen LogP contribution in [0.2, 0.25) is 0 Å². The molecule has 0 aromatic rings. The van der Waals surface area contributed by atoms with Gasteiger partial charge in [0.05, 0.1) is 0 Å². The molecule has 0 spiro atoms. The van der Waals surface area contributed by atoms with Crippen LogP contribution >= 0.6 is 0 Å². The van der Waals surface area contributed by atoms with E-state index in [1.165, 1.54) is 19.6 Å². The Hall–Kier alpha value is -0.120. The molecule has 0 unspecified atom stereocenters. The first kappa shape index (κ1) is 17.3. The molecule has 0 saturated carbocycles. The first-order valence-corrected chi connectivity index (χ1v) is 5.98. The molecule has 0 heterocycles. The zero-order valence-corrected chi connectivity index (χ0v) is 11.5. The Morgan fingerprint density at radius 1 is 0.933 bits per heavy atom. The number of methoxy groups -OCH3 is 1. The average molecular weight is 218 g/mol. The Morgan fingerprint density at radius 2 is 1.40 bits per heavy atom. The van der Waals surface area contributed by atoms with Crippen LogP contribution in [0.3, 0.4) is 0 Å². The Balaban J connectivity index is 0. The second-order valence-electron chi connectivity index (χ2n) is 3.77. The fourth-order valence-corrected chi connectivity index (χ4v) is 1.20. The summed E-state index contributed by atoms with van der Waals surface area (Å²) >= 11 is 0. The smallest absolute Gasteiger partial charge is 0.0474 e. The second kappa shape index (κ2) is 13.9. The highest BCUT2D eigenvalue weighted by Crippen LogP contribution is 1.82. The van der Waals surface area contributed by atoms with Gasteiger partial charge in [0, 0.05) is 13.7 Å². The maximum atomic E-state index is 4.87. The van der Waals surface area contributed by atoms with Gasteiger partial charge < -0.3 is 14.5 Å². The van der Waals surface area contributed by atoms with E-state index in [1.54, 1.807) is 7.11 Å². The number of nitrogens with zero attached hydrogens (tertiary/aromatic N) is 2. The first-order valence-electron chi connectivity index (χ1n) is 5.98. The quantitative estimate of drug-likeness (QED) is 0.607. The molecule has 0 rings (SSSR count). The Morgan fingerprint density at radius 3 is 1.60 bits per heavy atom. The van der Waals surface area contributed by atoms with Crippen molar-refractivity contribution in [2.24, 2.45) is 0 Å². The molecular formula is C12H30N2O. The predicted molar refractivity (Wildman–Crippen MR) is 68.5 cm³/mol. The first-order chi connectivity index (χ1) is 7.12. The van der Waals surface area contributed by atoms with E-state index in [9.17, 15) is 0 Å². The van der Waals surface area contributed by atoms with Gasteiger partial charge in [-0.1, -0.05) is 20.8 Å². The Labute approximate surface area is 96.4 Å². The molecule has 0 amide bonds. The molecule has 0 radical (unpaired) electrons. The summed E-state index contributed by atoms with van der Waals surface area (Å²) in [5.74, 6) is 0. The van der Waals surface area contributed by atoms with Crippen LogP contribution in [0.25, 0.3) is 0 Å². The highest BCUT2D eigenvalue weighted by atomic mass is 16.5. The number of hydrogen-bond acceptors (Lipinski definition) is 3. The van der Waals surface area contributed by atoms with Crippen molar-refractivity contribution in [1.29, 1.82) is 0 Å². The third-order valence-electron chi connectivity index (χ3n) is 2.30. The summed E-state index contributed by atoms with van der Waals surface area (Å²) in [6.07, 6.45) is 1.13. The van der Waals surface area contributed by atoms with Gasteiger partial charge >= 0.3 is 0 Å². The monoisotopic (exact) mass is 218 g/mol. The fraction of sp³-hybridized carbons (Fsp3) is 1.00. The van der Waals surface area contributed by atoms with Crippen molar-refractivity contribution >= 4 is 0 Å². The van der Waals surface area contributed by atoms with Gasteiger partial charge in [0.2, 0.25) is 0 Å². The maximum Gasteiger partial charge on any atom is 0.0474 e. The van der Waals surface area contributed by atoms with E-state index in [1.807, 2.05) is 0 Å². The SMILES string of the molecule is CCN(CC)CC.COCCCN(C)C. The largest absolute Gasteiger partial charge is 0.385 e. The molecule has 0 aromatic heterocycles. The molecule has 0 aliphatic rings. The molecule has 0 aliphatic heterocycles. The molecule has 0 saturated heterocycles. The number of rotatable bonds is 7. The lowest BCUT2D eigenvalue weighted by Crippen LogP contribution is -2.21. The lowest BCUT2D eigenvalue weighted by molar-refractivity contribution is 0.184. The Kier molecular flexibility index (Phi) is 16.0. The van der Waals surface area contributed by atoms with Crippen molar-refractivity contribution in [3.8, 4) is 0 Å². The molecule has 0 aromatic carbocycles. The minimum atomic E-state index is 0.873. The summed E-state index contributed by atoms with van der Waals surface area (Å²) in [6, 6.07) is 0. The highest BCUT2D eigenvalue weighted by Gasteiger charge is 1.89. The summed E-state index contributed by atoms with van der Waals surface area (Å²) in [6.45, 7) is 12.1. The molecule has 0 aliphatic carbocycles. The molecule has 0 N–H and O–H groups in total. The fourth-order valence-electron chi connectivity index (χ4n) is 1.20. The van der Waals surface area contributed by atoms with E-state index in [-0.39, 0.29) is 0 Å². The molecule has 0 bridgehead atoms. The summed E-state index contributed by atoms with van der Waals surface area (Å²) in [7, 11) is 5.86. The lowest BCUT2D eigenvalue weighted by Gasteiger charge is -2.13. The van der Waals surface area contributed by atoms with E-state index < -0.39 is 0 Å².